The van der Waals surface area contributed by atoms with Gasteiger partial charge in [-0.15, -0.1) is 0 Å². The zero-order chi connectivity index (χ0) is 13.8. The average molecular weight is 271 g/mol. The Morgan fingerprint density at radius 3 is 2.39 bits per heavy atom. The lowest BCUT2D eigenvalue weighted by Crippen LogP contribution is -2.50. The summed E-state index contributed by atoms with van der Waals surface area (Å²) in [5, 5.41) is 1.63. The van der Waals surface area contributed by atoms with Gasteiger partial charge in [-0.2, -0.15) is 22.0 Å². The minimum Gasteiger partial charge on any atom is -0.350 e. The molecule has 0 saturated carbocycles. The van der Waals surface area contributed by atoms with Crippen LogP contribution in [0.1, 0.15) is 32.1 Å². The summed E-state index contributed by atoms with van der Waals surface area (Å²) in [5.74, 6) is -7.61. The molecule has 0 fully saturated rings. The van der Waals surface area contributed by atoms with E-state index in [-0.39, 0.29) is 6.54 Å². The molecule has 1 aliphatic carbocycles. The van der Waals surface area contributed by atoms with Gasteiger partial charge in [-0.05, 0) is 32.1 Å². The molecule has 1 rings (SSSR count). The molecule has 18 heavy (non-hydrogen) atoms. The number of hydrogen-bond acceptors (Lipinski definition) is 1. The highest BCUT2D eigenvalue weighted by molar-refractivity contribution is 5.84. The molecule has 0 aromatic rings. The molecule has 0 radical (unpaired) electrons. The maximum atomic E-state index is 12.5. The van der Waals surface area contributed by atoms with Gasteiger partial charge in [0.2, 0.25) is 0 Å². The Morgan fingerprint density at radius 2 is 1.89 bits per heavy atom. The number of rotatable bonds is 4. The van der Waals surface area contributed by atoms with Crippen molar-refractivity contribution in [2.45, 2.75) is 44.2 Å². The van der Waals surface area contributed by atoms with Crippen LogP contribution in [-0.4, -0.2) is 24.6 Å². The molecule has 1 amide bonds. The normalized spacial score (nSPS) is 17.3. The van der Waals surface area contributed by atoms with Crippen molar-refractivity contribution in [1.29, 1.82) is 0 Å². The number of hydrogen-bond donors (Lipinski definition) is 1. The smallest absolute Gasteiger partial charge is 0.350 e. The van der Waals surface area contributed by atoms with Crippen molar-refractivity contribution in [2.24, 2.45) is 0 Å². The van der Waals surface area contributed by atoms with E-state index in [1.54, 1.807) is 5.32 Å². The summed E-state index contributed by atoms with van der Waals surface area (Å²) in [5.41, 5.74) is 0.997. The fraction of sp³-hybridized carbons (Fsp3) is 0.727. The first kappa shape index (κ1) is 14.9. The number of carbonyl (C=O) groups is 1. The minimum absolute atomic E-state index is 0.198. The molecule has 0 aromatic heterocycles. The van der Waals surface area contributed by atoms with Crippen molar-refractivity contribution in [3.63, 3.8) is 0 Å². The first-order valence-corrected chi connectivity index (χ1v) is 5.66. The Labute approximate surface area is 101 Å². The van der Waals surface area contributed by atoms with Gasteiger partial charge in [0.1, 0.15) is 0 Å². The van der Waals surface area contributed by atoms with Crippen molar-refractivity contribution < 1.29 is 26.7 Å². The molecule has 0 heterocycles. The van der Waals surface area contributed by atoms with E-state index in [0.29, 0.717) is 6.42 Å². The first-order chi connectivity index (χ1) is 8.25. The molecule has 0 unspecified atom stereocenters. The van der Waals surface area contributed by atoms with Gasteiger partial charge < -0.3 is 5.32 Å². The SMILES string of the molecule is O=C(NCCC1=CCCCC1)C(F)(F)C(F)(F)F. The van der Waals surface area contributed by atoms with Crippen LogP contribution in [-0.2, 0) is 4.79 Å². The Balaban J connectivity index is 2.39. The molecule has 0 aliphatic heterocycles. The van der Waals surface area contributed by atoms with Crippen LogP contribution >= 0.6 is 0 Å². The van der Waals surface area contributed by atoms with E-state index in [1.165, 1.54) is 0 Å². The zero-order valence-corrected chi connectivity index (χ0v) is 9.62. The van der Waals surface area contributed by atoms with Gasteiger partial charge >= 0.3 is 12.1 Å². The fourth-order valence-electron chi connectivity index (χ4n) is 1.71. The molecule has 0 aromatic carbocycles. The van der Waals surface area contributed by atoms with Gasteiger partial charge in [-0.3, -0.25) is 4.79 Å². The second-order valence-electron chi connectivity index (χ2n) is 4.19. The lowest BCUT2D eigenvalue weighted by Gasteiger charge is -2.19. The standard InChI is InChI=1S/C11H14F5NO/c12-10(13,11(14,15)16)9(18)17-7-6-8-4-2-1-3-5-8/h4H,1-3,5-7H2,(H,17,18). The summed E-state index contributed by atoms with van der Waals surface area (Å²) in [6.45, 7) is -0.198. The molecule has 0 saturated heterocycles. The summed E-state index contributed by atoms with van der Waals surface area (Å²) in [6, 6.07) is 0. The summed E-state index contributed by atoms with van der Waals surface area (Å²) >= 11 is 0. The summed E-state index contributed by atoms with van der Waals surface area (Å²) in [6.07, 6.45) is 0.159. The topological polar surface area (TPSA) is 29.1 Å². The second-order valence-corrected chi connectivity index (χ2v) is 4.19. The molecule has 104 valence electrons. The molecule has 0 atom stereocenters. The van der Waals surface area contributed by atoms with Crippen LogP contribution in [0.4, 0.5) is 22.0 Å². The predicted octanol–water partition coefficient (Wildman–Crippen LogP) is 3.19. The van der Waals surface area contributed by atoms with Crippen LogP contribution in [0.15, 0.2) is 11.6 Å². The fourth-order valence-corrected chi connectivity index (χ4v) is 1.71. The highest BCUT2D eigenvalue weighted by Gasteiger charge is 2.63. The van der Waals surface area contributed by atoms with Gasteiger partial charge in [0.25, 0.3) is 5.91 Å². The van der Waals surface area contributed by atoms with E-state index in [4.69, 9.17) is 0 Å². The maximum absolute atomic E-state index is 12.5. The average Bonchev–Trinajstić information content (AvgIpc) is 2.28. The van der Waals surface area contributed by atoms with Crippen molar-refractivity contribution in [2.75, 3.05) is 6.54 Å². The number of alkyl halides is 5. The van der Waals surface area contributed by atoms with Crippen molar-refractivity contribution in [3.8, 4) is 0 Å². The van der Waals surface area contributed by atoms with E-state index in [1.807, 2.05) is 6.08 Å². The Kier molecular flexibility index (Phi) is 4.70. The first-order valence-electron chi connectivity index (χ1n) is 5.66. The Morgan fingerprint density at radius 1 is 1.22 bits per heavy atom. The van der Waals surface area contributed by atoms with Crippen molar-refractivity contribution >= 4 is 5.91 Å². The number of nitrogens with one attached hydrogen (secondary N) is 1. The third-order valence-corrected chi connectivity index (χ3v) is 2.76. The third kappa shape index (κ3) is 3.68. The van der Waals surface area contributed by atoms with E-state index in [9.17, 15) is 26.7 Å². The van der Waals surface area contributed by atoms with Crippen molar-refractivity contribution in [3.05, 3.63) is 11.6 Å². The van der Waals surface area contributed by atoms with Crippen LogP contribution in [0.3, 0.4) is 0 Å². The molecular weight excluding hydrogens is 257 g/mol. The summed E-state index contributed by atoms with van der Waals surface area (Å²) in [4.78, 5) is 10.8. The number of allylic oxidation sites excluding steroid dienone is 1. The lowest BCUT2D eigenvalue weighted by atomic mass is 9.97. The minimum atomic E-state index is -5.85. The number of halogens is 5. The molecule has 7 heteroatoms. The van der Waals surface area contributed by atoms with Crippen LogP contribution in [0, 0.1) is 0 Å². The van der Waals surface area contributed by atoms with E-state index >= 15 is 0 Å². The van der Waals surface area contributed by atoms with Crippen LogP contribution in [0.5, 0.6) is 0 Å². The molecular formula is C11H14F5NO. The molecule has 0 spiro atoms. The van der Waals surface area contributed by atoms with Gasteiger partial charge in [0.15, 0.2) is 0 Å². The monoisotopic (exact) mass is 271 g/mol. The lowest BCUT2D eigenvalue weighted by molar-refractivity contribution is -0.269. The van der Waals surface area contributed by atoms with Crippen LogP contribution in [0.2, 0.25) is 0 Å². The summed E-state index contributed by atoms with van der Waals surface area (Å²) < 4.78 is 60.6. The van der Waals surface area contributed by atoms with Crippen LogP contribution in [0.25, 0.3) is 0 Å². The Hall–Kier alpha value is -1.14. The zero-order valence-electron chi connectivity index (χ0n) is 9.62. The molecule has 1 aliphatic rings. The van der Waals surface area contributed by atoms with Gasteiger partial charge in [0, 0.05) is 6.54 Å². The van der Waals surface area contributed by atoms with E-state index in [2.05, 4.69) is 0 Å². The Bertz CT molecular complexity index is 335. The van der Waals surface area contributed by atoms with Gasteiger partial charge in [-0.25, -0.2) is 0 Å². The van der Waals surface area contributed by atoms with Crippen LogP contribution < -0.4 is 5.32 Å². The van der Waals surface area contributed by atoms with Gasteiger partial charge in [0.05, 0.1) is 0 Å². The van der Waals surface area contributed by atoms with Gasteiger partial charge in [-0.1, -0.05) is 11.6 Å². The van der Waals surface area contributed by atoms with Crippen molar-refractivity contribution in [1.82, 2.24) is 5.32 Å². The largest absolute Gasteiger partial charge is 0.463 e. The summed E-state index contributed by atoms with van der Waals surface area (Å²) in [7, 11) is 0. The predicted molar refractivity (Wildman–Crippen MR) is 55.2 cm³/mol. The highest BCUT2D eigenvalue weighted by atomic mass is 19.4. The molecule has 1 N–H and O–H groups in total. The van der Waals surface area contributed by atoms with E-state index < -0.39 is 18.0 Å². The molecule has 0 bridgehead atoms. The quantitative estimate of drug-likeness (QED) is 0.617. The number of carbonyl (C=O) groups excluding carboxylic acids is 1. The highest BCUT2D eigenvalue weighted by Crippen LogP contribution is 2.35. The second kappa shape index (κ2) is 5.67. The number of amides is 1. The van der Waals surface area contributed by atoms with E-state index in [0.717, 1.165) is 31.3 Å². The maximum Gasteiger partial charge on any atom is 0.463 e. The third-order valence-electron chi connectivity index (χ3n) is 2.76. The molecule has 2 nitrogen and oxygen atoms in total.